The molecule has 4 N–H and O–H groups in total. The summed E-state index contributed by atoms with van der Waals surface area (Å²) in [5.74, 6) is -0.390. The van der Waals surface area contributed by atoms with E-state index in [0.717, 1.165) is 6.42 Å². The molecule has 7 nitrogen and oxygen atoms in total. The number of benzene rings is 1. The summed E-state index contributed by atoms with van der Waals surface area (Å²) in [6, 6.07) is 3.73. The van der Waals surface area contributed by atoms with Crippen molar-refractivity contribution in [3.05, 3.63) is 46.6 Å². The van der Waals surface area contributed by atoms with Gasteiger partial charge in [-0.2, -0.15) is 0 Å². The number of nitrogens with zero attached hydrogens (tertiary/aromatic N) is 1. The van der Waals surface area contributed by atoms with Crippen LogP contribution in [0.25, 0.3) is 0 Å². The predicted molar refractivity (Wildman–Crippen MR) is 91.2 cm³/mol. The number of amidine groups is 1. The second kappa shape index (κ2) is 8.46. The molecule has 0 aliphatic heterocycles. The quantitative estimate of drug-likeness (QED) is 0.350. The molecular weight excluding hydrogens is 383 g/mol. The van der Waals surface area contributed by atoms with Crippen LogP contribution in [0.3, 0.4) is 0 Å². The van der Waals surface area contributed by atoms with E-state index in [4.69, 9.17) is 4.42 Å². The zero-order valence-corrected chi connectivity index (χ0v) is 14.4. The summed E-state index contributed by atoms with van der Waals surface area (Å²) in [5, 5.41) is 14.6. The normalized spacial score (nSPS) is 11.2. The van der Waals surface area contributed by atoms with Gasteiger partial charge in [-0.15, -0.1) is 0 Å². The van der Waals surface area contributed by atoms with Gasteiger partial charge in [-0.1, -0.05) is 6.92 Å². The molecule has 2 rings (SSSR count). The Labute approximate surface area is 146 Å². The molecule has 128 valence electrons. The minimum Gasteiger partial charge on any atom is -0.470 e. The standard InChI is InChI=1S/C15H16BrFN4O3/c1-2-5-18-15(22)20-13-8-24-7-10(13)14(21-23)19-9-3-4-12(17)11(16)6-9/h3-4,6-8,23H,2,5H2,1H3,(H,19,21)(H2,18,20,22). The highest BCUT2D eigenvalue weighted by molar-refractivity contribution is 9.10. The van der Waals surface area contributed by atoms with E-state index < -0.39 is 11.8 Å². The first-order chi connectivity index (χ1) is 11.5. The van der Waals surface area contributed by atoms with Gasteiger partial charge in [0.05, 0.1) is 21.4 Å². The average Bonchev–Trinajstić information content (AvgIpc) is 3.01. The molecule has 0 bridgehead atoms. The molecule has 0 unspecified atom stereocenters. The summed E-state index contributed by atoms with van der Waals surface area (Å²) in [6.45, 7) is 2.46. The second-order valence-corrected chi connectivity index (χ2v) is 5.60. The molecule has 9 heteroatoms. The summed E-state index contributed by atoms with van der Waals surface area (Å²) in [7, 11) is 0. The fourth-order valence-electron chi connectivity index (χ4n) is 1.81. The molecule has 0 aliphatic rings. The Morgan fingerprint density at radius 1 is 1.42 bits per heavy atom. The lowest BCUT2D eigenvalue weighted by Gasteiger charge is -2.08. The fourth-order valence-corrected chi connectivity index (χ4v) is 2.18. The minimum absolute atomic E-state index is 0.0352. The van der Waals surface area contributed by atoms with Gasteiger partial charge in [0.1, 0.15) is 18.3 Å². The summed E-state index contributed by atoms with van der Waals surface area (Å²) in [4.78, 5) is 15.9. The molecule has 0 fully saturated rings. The second-order valence-electron chi connectivity index (χ2n) is 4.75. The Morgan fingerprint density at radius 3 is 2.88 bits per heavy atom. The van der Waals surface area contributed by atoms with Crippen LogP contribution in [-0.2, 0) is 0 Å². The van der Waals surface area contributed by atoms with E-state index in [1.54, 1.807) is 0 Å². The van der Waals surface area contributed by atoms with E-state index in [2.05, 4.69) is 31.6 Å². The highest BCUT2D eigenvalue weighted by Gasteiger charge is 2.14. The van der Waals surface area contributed by atoms with Crippen LogP contribution >= 0.6 is 15.9 Å². The van der Waals surface area contributed by atoms with Gasteiger partial charge in [0.25, 0.3) is 0 Å². The van der Waals surface area contributed by atoms with Gasteiger partial charge in [-0.25, -0.2) is 14.2 Å². The maximum absolute atomic E-state index is 13.3. The number of hydroxylamine groups is 1. The number of carbonyl (C=O) groups excluding carboxylic acids is 1. The molecule has 0 saturated carbocycles. The van der Waals surface area contributed by atoms with Crippen molar-refractivity contribution in [3.8, 4) is 0 Å². The fraction of sp³-hybridized carbons (Fsp3) is 0.200. The third kappa shape index (κ3) is 4.56. The van der Waals surface area contributed by atoms with Gasteiger partial charge >= 0.3 is 6.03 Å². The highest BCUT2D eigenvalue weighted by atomic mass is 79.9. The molecule has 1 heterocycles. The van der Waals surface area contributed by atoms with E-state index in [-0.39, 0.29) is 10.3 Å². The van der Waals surface area contributed by atoms with Gasteiger partial charge in [-0.05, 0) is 40.5 Å². The van der Waals surface area contributed by atoms with E-state index in [9.17, 15) is 14.4 Å². The lowest BCUT2D eigenvalue weighted by atomic mass is 10.2. The van der Waals surface area contributed by atoms with E-state index in [1.807, 2.05) is 12.4 Å². The van der Waals surface area contributed by atoms with Gasteiger partial charge in [0.2, 0.25) is 0 Å². The van der Waals surface area contributed by atoms with Crippen molar-refractivity contribution in [2.24, 2.45) is 4.99 Å². The van der Waals surface area contributed by atoms with E-state index in [1.165, 1.54) is 30.7 Å². The molecule has 0 atom stereocenters. The van der Waals surface area contributed by atoms with Crippen molar-refractivity contribution in [1.29, 1.82) is 0 Å². The first-order valence-corrected chi connectivity index (χ1v) is 7.89. The number of furan rings is 1. The summed E-state index contributed by atoms with van der Waals surface area (Å²) >= 11 is 3.07. The number of amides is 2. The van der Waals surface area contributed by atoms with Crippen LogP contribution in [0.15, 0.2) is 44.6 Å². The van der Waals surface area contributed by atoms with Crippen molar-refractivity contribution < 1.29 is 18.8 Å². The summed E-state index contributed by atoms with van der Waals surface area (Å²) in [5.41, 5.74) is 3.01. The highest BCUT2D eigenvalue weighted by Crippen LogP contribution is 2.24. The van der Waals surface area contributed by atoms with Gasteiger partial charge in [-0.3, -0.25) is 10.7 Å². The van der Waals surface area contributed by atoms with Crippen LogP contribution in [0.4, 0.5) is 20.6 Å². The molecule has 0 radical (unpaired) electrons. The number of nitrogens with one attached hydrogen (secondary N) is 3. The van der Waals surface area contributed by atoms with Crippen LogP contribution in [0.5, 0.6) is 0 Å². The van der Waals surface area contributed by atoms with Gasteiger partial charge < -0.3 is 15.1 Å². The molecule has 24 heavy (non-hydrogen) atoms. The zero-order valence-electron chi connectivity index (χ0n) is 12.8. The zero-order chi connectivity index (χ0) is 17.5. The molecule has 0 saturated heterocycles. The number of urea groups is 1. The third-order valence-corrected chi connectivity index (χ3v) is 3.56. The van der Waals surface area contributed by atoms with Gasteiger partial charge in [0.15, 0.2) is 5.84 Å². The Balaban J connectivity index is 2.24. The number of rotatable bonds is 5. The lowest BCUT2D eigenvalue weighted by Crippen LogP contribution is -2.30. The maximum Gasteiger partial charge on any atom is 0.319 e. The SMILES string of the molecule is CCCNC(=O)Nc1cocc1C(=Nc1ccc(F)c(Br)c1)NO. The minimum atomic E-state index is -0.425. The van der Waals surface area contributed by atoms with Crippen LogP contribution in [0, 0.1) is 5.82 Å². The number of hydrogen-bond donors (Lipinski definition) is 4. The van der Waals surface area contributed by atoms with Crippen LogP contribution < -0.4 is 16.1 Å². The average molecular weight is 399 g/mol. The molecule has 2 amide bonds. The number of aliphatic imine (C=N–C) groups is 1. The number of carbonyl (C=O) groups is 1. The molecule has 1 aromatic carbocycles. The van der Waals surface area contributed by atoms with E-state index >= 15 is 0 Å². The summed E-state index contributed by atoms with van der Waals surface area (Å²) in [6.07, 6.45) is 3.43. The maximum atomic E-state index is 13.3. The molecule has 0 spiro atoms. The smallest absolute Gasteiger partial charge is 0.319 e. The molecule has 2 aromatic rings. The van der Waals surface area contributed by atoms with Crippen LogP contribution in [0.2, 0.25) is 0 Å². The number of anilines is 1. The monoisotopic (exact) mass is 398 g/mol. The Bertz CT molecular complexity index is 748. The Morgan fingerprint density at radius 2 is 2.21 bits per heavy atom. The molecule has 0 aliphatic carbocycles. The molecular formula is C15H16BrFN4O3. The van der Waals surface area contributed by atoms with Crippen molar-refractivity contribution in [1.82, 2.24) is 10.8 Å². The number of hydrogen-bond acceptors (Lipinski definition) is 4. The van der Waals surface area contributed by atoms with Crippen molar-refractivity contribution in [2.75, 3.05) is 11.9 Å². The molecule has 1 aromatic heterocycles. The van der Waals surface area contributed by atoms with Crippen LogP contribution in [0.1, 0.15) is 18.9 Å². The third-order valence-electron chi connectivity index (χ3n) is 2.95. The number of halogens is 2. The van der Waals surface area contributed by atoms with Crippen molar-refractivity contribution >= 4 is 39.2 Å². The van der Waals surface area contributed by atoms with Crippen molar-refractivity contribution in [2.45, 2.75) is 13.3 Å². The van der Waals surface area contributed by atoms with E-state index in [0.29, 0.717) is 23.5 Å². The van der Waals surface area contributed by atoms with Crippen molar-refractivity contribution in [3.63, 3.8) is 0 Å². The first-order valence-electron chi connectivity index (χ1n) is 7.10. The van der Waals surface area contributed by atoms with Gasteiger partial charge in [0, 0.05) is 6.54 Å². The Kier molecular flexibility index (Phi) is 6.33. The largest absolute Gasteiger partial charge is 0.470 e. The predicted octanol–water partition coefficient (Wildman–Crippen LogP) is 3.77. The lowest BCUT2D eigenvalue weighted by molar-refractivity contribution is 0.235. The summed E-state index contributed by atoms with van der Waals surface area (Å²) < 4.78 is 18.6. The first kappa shape index (κ1) is 18.0. The Hall–Kier alpha value is -2.39. The van der Waals surface area contributed by atoms with Crippen LogP contribution in [-0.4, -0.2) is 23.6 Å². The topological polar surface area (TPSA) is 98.9 Å².